The Hall–Kier alpha value is -2.38. The molecule has 18 heteroatoms. The molecule has 0 radical (unpaired) electrons. The third-order valence-corrected chi connectivity index (χ3v) is 5.55. The zero-order valence-corrected chi connectivity index (χ0v) is 21.8. The standard InChI is InChI=1S/2C10H12F3NO4S/c2*1-9(15,6-18-19(2,16)17)7-3-4-8(14-5-7)10(11,12)13/h2*3-5,15H,6H2,1-2H3/t2*9-/m11/s1. The van der Waals surface area contributed by atoms with E-state index >= 15 is 0 Å². The molecule has 0 aliphatic heterocycles. The highest BCUT2D eigenvalue weighted by Crippen LogP contribution is 2.30. The number of aliphatic hydroxyl groups is 2. The van der Waals surface area contributed by atoms with Gasteiger partial charge in [0.25, 0.3) is 20.2 Å². The number of nitrogens with zero attached hydrogens (tertiary/aromatic N) is 2. The lowest BCUT2D eigenvalue weighted by molar-refractivity contribution is -0.142. The van der Waals surface area contributed by atoms with Crippen LogP contribution in [0.3, 0.4) is 0 Å². The van der Waals surface area contributed by atoms with Gasteiger partial charge in [-0.3, -0.25) is 18.3 Å². The van der Waals surface area contributed by atoms with Crippen LogP contribution < -0.4 is 0 Å². The van der Waals surface area contributed by atoms with Crippen LogP contribution in [0.25, 0.3) is 0 Å². The fourth-order valence-electron chi connectivity index (χ4n) is 2.37. The molecule has 0 saturated carbocycles. The summed E-state index contributed by atoms with van der Waals surface area (Å²) in [5, 5.41) is 19.9. The van der Waals surface area contributed by atoms with E-state index < -0.39 is 68.4 Å². The Morgan fingerprint density at radius 2 is 0.974 bits per heavy atom. The summed E-state index contributed by atoms with van der Waals surface area (Å²) in [6.45, 7) is 1.20. The molecule has 0 unspecified atom stereocenters. The van der Waals surface area contributed by atoms with Crippen molar-refractivity contribution in [2.75, 3.05) is 25.7 Å². The molecule has 0 bridgehead atoms. The molecule has 0 aliphatic carbocycles. The Labute approximate surface area is 214 Å². The first kappa shape index (κ1) is 33.6. The molecule has 10 nitrogen and oxygen atoms in total. The average molecular weight is 599 g/mol. The zero-order chi connectivity index (χ0) is 29.8. The smallest absolute Gasteiger partial charge is 0.383 e. The fraction of sp³-hybridized carbons (Fsp3) is 0.500. The van der Waals surface area contributed by atoms with Crippen LogP contribution in [0.4, 0.5) is 26.3 Å². The predicted molar refractivity (Wildman–Crippen MR) is 119 cm³/mol. The maximum absolute atomic E-state index is 12.3. The molecule has 0 saturated heterocycles. The number of hydrogen-bond acceptors (Lipinski definition) is 10. The van der Waals surface area contributed by atoms with Gasteiger partial charge >= 0.3 is 12.4 Å². The van der Waals surface area contributed by atoms with E-state index in [0.29, 0.717) is 12.1 Å². The number of halogens is 6. The molecule has 0 spiro atoms. The summed E-state index contributed by atoms with van der Waals surface area (Å²) in [7, 11) is -7.51. The van der Waals surface area contributed by atoms with Crippen molar-refractivity contribution in [1.29, 1.82) is 0 Å². The summed E-state index contributed by atoms with van der Waals surface area (Å²) >= 11 is 0. The van der Waals surface area contributed by atoms with E-state index in [1.807, 2.05) is 0 Å². The van der Waals surface area contributed by atoms with E-state index in [2.05, 4.69) is 18.3 Å². The number of rotatable bonds is 8. The lowest BCUT2D eigenvalue weighted by atomic mass is 9.99. The second kappa shape index (κ2) is 11.8. The summed E-state index contributed by atoms with van der Waals surface area (Å²) in [6, 6.07) is 3.43. The normalized spacial score (nSPS) is 16.1. The minimum absolute atomic E-state index is 0.0177. The second-order valence-corrected chi connectivity index (χ2v) is 11.6. The van der Waals surface area contributed by atoms with E-state index in [4.69, 9.17) is 0 Å². The maximum atomic E-state index is 12.3. The predicted octanol–water partition coefficient (Wildman–Crippen LogP) is 2.57. The Bertz CT molecular complexity index is 1180. The molecule has 0 aromatic carbocycles. The van der Waals surface area contributed by atoms with Crippen molar-refractivity contribution in [1.82, 2.24) is 9.97 Å². The molecule has 0 aliphatic rings. The SMILES string of the molecule is C[C@@](O)(COS(C)(=O)=O)c1ccc(C(F)(F)F)nc1.C[C@@](O)(COS(C)(=O)=O)c1ccc(C(F)(F)F)nc1. The Morgan fingerprint density at radius 1 is 0.684 bits per heavy atom. The van der Waals surface area contributed by atoms with Gasteiger partial charge in [0, 0.05) is 23.5 Å². The zero-order valence-electron chi connectivity index (χ0n) is 20.2. The minimum Gasteiger partial charge on any atom is -0.383 e. The van der Waals surface area contributed by atoms with E-state index in [-0.39, 0.29) is 11.1 Å². The second-order valence-electron chi connectivity index (χ2n) is 8.34. The topological polar surface area (TPSA) is 153 Å². The van der Waals surface area contributed by atoms with Crippen LogP contribution in [-0.4, -0.2) is 62.7 Å². The molecule has 216 valence electrons. The van der Waals surface area contributed by atoms with Gasteiger partial charge in [0.1, 0.15) is 22.6 Å². The van der Waals surface area contributed by atoms with Gasteiger partial charge in [-0.15, -0.1) is 0 Å². The monoisotopic (exact) mass is 598 g/mol. The number of hydrogen-bond donors (Lipinski definition) is 2. The molecular weight excluding hydrogens is 574 g/mol. The quantitative estimate of drug-likeness (QED) is 0.343. The molecule has 2 N–H and O–H groups in total. The van der Waals surface area contributed by atoms with Gasteiger partial charge in [0.05, 0.1) is 25.7 Å². The lowest BCUT2D eigenvalue weighted by Crippen LogP contribution is -2.29. The molecule has 2 heterocycles. The van der Waals surface area contributed by atoms with Crippen LogP contribution in [-0.2, 0) is 52.2 Å². The largest absolute Gasteiger partial charge is 0.433 e. The first-order valence-corrected chi connectivity index (χ1v) is 13.7. The molecular formula is C20H24F6N2O8S2. The first-order valence-electron chi connectivity index (χ1n) is 10.0. The first-order chi connectivity index (χ1) is 16.8. The van der Waals surface area contributed by atoms with Gasteiger partial charge < -0.3 is 10.2 Å². The van der Waals surface area contributed by atoms with Crippen LogP contribution >= 0.6 is 0 Å². The molecule has 2 rings (SSSR count). The fourth-order valence-corrected chi connectivity index (χ4v) is 3.26. The van der Waals surface area contributed by atoms with E-state index in [9.17, 15) is 53.4 Å². The van der Waals surface area contributed by atoms with Crippen LogP contribution in [0.15, 0.2) is 36.7 Å². The Balaban J connectivity index is 0.000000380. The lowest BCUT2D eigenvalue weighted by Gasteiger charge is -2.22. The van der Waals surface area contributed by atoms with Crippen molar-refractivity contribution in [2.45, 2.75) is 37.4 Å². The summed E-state index contributed by atoms with van der Waals surface area (Å²) in [5.41, 5.74) is -5.69. The molecule has 38 heavy (non-hydrogen) atoms. The van der Waals surface area contributed by atoms with Crippen LogP contribution in [0.5, 0.6) is 0 Å². The summed E-state index contributed by atoms with van der Waals surface area (Å²) in [6.07, 6.45) is -5.90. The van der Waals surface area contributed by atoms with Gasteiger partial charge in [-0.05, 0) is 26.0 Å². The summed E-state index contributed by atoms with van der Waals surface area (Å²) < 4.78 is 126. The molecule has 2 atom stereocenters. The number of aromatic nitrogens is 2. The van der Waals surface area contributed by atoms with Gasteiger partial charge in [-0.2, -0.15) is 43.2 Å². The number of pyridine rings is 2. The average Bonchev–Trinajstić information content (AvgIpc) is 2.75. The van der Waals surface area contributed by atoms with E-state index in [1.54, 1.807) is 0 Å². The maximum Gasteiger partial charge on any atom is 0.433 e. The van der Waals surface area contributed by atoms with Gasteiger partial charge in [-0.25, -0.2) is 0 Å². The van der Waals surface area contributed by atoms with Crippen molar-refractivity contribution >= 4 is 20.2 Å². The highest BCUT2D eigenvalue weighted by Gasteiger charge is 2.34. The molecule has 2 aromatic rings. The van der Waals surface area contributed by atoms with Gasteiger partial charge in [0.15, 0.2) is 0 Å². The Morgan fingerprint density at radius 3 is 1.16 bits per heavy atom. The van der Waals surface area contributed by atoms with Gasteiger partial charge in [-0.1, -0.05) is 12.1 Å². The van der Waals surface area contributed by atoms with Crippen molar-refractivity contribution in [3.05, 3.63) is 59.2 Å². The third-order valence-electron chi connectivity index (χ3n) is 4.46. The van der Waals surface area contributed by atoms with Crippen LogP contribution in [0.1, 0.15) is 36.4 Å². The summed E-state index contributed by atoms with van der Waals surface area (Å²) in [4.78, 5) is 6.34. The molecule has 0 amide bonds. The summed E-state index contributed by atoms with van der Waals surface area (Å²) in [5.74, 6) is 0. The van der Waals surface area contributed by atoms with Crippen molar-refractivity contribution in [3.63, 3.8) is 0 Å². The number of alkyl halides is 6. The highest BCUT2D eigenvalue weighted by atomic mass is 32.2. The third kappa shape index (κ3) is 11.6. The van der Waals surface area contributed by atoms with Crippen molar-refractivity contribution in [3.8, 4) is 0 Å². The van der Waals surface area contributed by atoms with Crippen molar-refractivity contribution in [2.24, 2.45) is 0 Å². The van der Waals surface area contributed by atoms with E-state index in [1.165, 1.54) is 13.8 Å². The van der Waals surface area contributed by atoms with Crippen molar-refractivity contribution < 1.29 is 61.8 Å². The van der Waals surface area contributed by atoms with Crippen LogP contribution in [0, 0.1) is 0 Å². The highest BCUT2D eigenvalue weighted by molar-refractivity contribution is 7.86. The molecule has 2 aromatic heterocycles. The van der Waals surface area contributed by atoms with Gasteiger partial charge in [0.2, 0.25) is 0 Å². The van der Waals surface area contributed by atoms with Crippen LogP contribution in [0.2, 0.25) is 0 Å². The Kier molecular flexibility index (Phi) is 10.4. The minimum atomic E-state index is -4.58. The molecule has 0 fully saturated rings. The van der Waals surface area contributed by atoms with E-state index in [0.717, 1.165) is 37.0 Å².